The van der Waals surface area contributed by atoms with E-state index in [1.54, 1.807) is 0 Å². The predicted molar refractivity (Wildman–Crippen MR) is 76.2 cm³/mol. The average molecular weight is 392 g/mol. The first kappa shape index (κ1) is 18.5. The summed E-state index contributed by atoms with van der Waals surface area (Å²) >= 11 is 0. The van der Waals surface area contributed by atoms with Crippen molar-refractivity contribution in [1.29, 1.82) is 0 Å². The van der Waals surface area contributed by atoms with E-state index < -0.39 is 61.0 Å². The Balaban J connectivity index is 2.46. The van der Waals surface area contributed by atoms with E-state index in [-0.39, 0.29) is 6.07 Å². The van der Waals surface area contributed by atoms with Crippen molar-refractivity contribution in [2.45, 2.75) is 12.4 Å². The molecule has 2 heterocycles. The quantitative estimate of drug-likeness (QED) is 0.378. The van der Waals surface area contributed by atoms with Crippen molar-refractivity contribution in [3.63, 3.8) is 0 Å². The van der Waals surface area contributed by atoms with E-state index in [1.807, 2.05) is 0 Å². The van der Waals surface area contributed by atoms with Gasteiger partial charge in [0.25, 0.3) is 11.3 Å². The number of aromatic nitrogens is 2. The Morgan fingerprint density at radius 3 is 2.26 bits per heavy atom. The lowest BCUT2D eigenvalue weighted by Gasteiger charge is -2.20. The molecule has 0 bridgehead atoms. The molecule has 0 amide bonds. The van der Waals surface area contributed by atoms with Gasteiger partial charge in [0.05, 0.1) is 16.3 Å². The molecule has 0 atom stereocenters. The van der Waals surface area contributed by atoms with Crippen molar-refractivity contribution in [2.75, 3.05) is 0 Å². The molecular formula is C15H6F6N2O4. The Morgan fingerprint density at radius 2 is 1.74 bits per heavy atom. The van der Waals surface area contributed by atoms with Crippen LogP contribution in [0.25, 0.3) is 11.0 Å². The molecule has 2 aromatic heterocycles. The minimum atomic E-state index is -5.44. The maximum absolute atomic E-state index is 13.4. The van der Waals surface area contributed by atoms with Gasteiger partial charge in [-0.25, -0.2) is 0 Å². The first-order chi connectivity index (χ1) is 12.4. The zero-order valence-corrected chi connectivity index (χ0v) is 12.8. The lowest BCUT2D eigenvalue weighted by atomic mass is 10.1. The van der Waals surface area contributed by atoms with Gasteiger partial charge in [-0.05, 0) is 24.3 Å². The van der Waals surface area contributed by atoms with Gasteiger partial charge in [0.15, 0.2) is 5.76 Å². The molecule has 0 aliphatic rings. The Morgan fingerprint density at radius 1 is 1.07 bits per heavy atom. The van der Waals surface area contributed by atoms with Crippen LogP contribution in [0.4, 0.5) is 26.3 Å². The van der Waals surface area contributed by atoms with Gasteiger partial charge in [-0.2, -0.15) is 26.3 Å². The highest BCUT2D eigenvalue weighted by Gasteiger charge is 2.46. The molecule has 0 spiro atoms. The molecule has 1 aromatic carbocycles. The predicted octanol–water partition coefficient (Wildman–Crippen LogP) is 3.76. The molecule has 12 heteroatoms. The fourth-order valence-corrected chi connectivity index (χ4v) is 2.44. The number of halogens is 6. The summed E-state index contributed by atoms with van der Waals surface area (Å²) in [5, 5.41) is 12.2. The fraction of sp³-hybridized carbons (Fsp3) is 0.133. The maximum Gasteiger partial charge on any atom is 0.438 e. The molecule has 0 N–H and O–H groups in total. The van der Waals surface area contributed by atoms with Crippen molar-refractivity contribution < 1.29 is 40.0 Å². The smallest absolute Gasteiger partial charge is 0.438 e. The minimum absolute atomic E-state index is 0.190. The first-order valence-electron chi connectivity index (χ1n) is 6.98. The number of alkyl halides is 6. The van der Waals surface area contributed by atoms with Crippen LogP contribution in [0.1, 0.15) is 27.5 Å². The first-order valence-corrected chi connectivity index (χ1v) is 6.98. The summed E-state index contributed by atoms with van der Waals surface area (Å²) in [6.07, 6.45) is -9.44. The number of ketones is 1. The third-order valence-corrected chi connectivity index (χ3v) is 3.60. The monoisotopic (exact) mass is 392 g/mol. The van der Waals surface area contributed by atoms with Crippen LogP contribution in [-0.4, -0.2) is 10.5 Å². The van der Waals surface area contributed by atoms with E-state index in [0.717, 1.165) is 18.4 Å². The Labute approximate surface area is 144 Å². The van der Waals surface area contributed by atoms with Crippen LogP contribution in [0.5, 0.6) is 0 Å². The van der Waals surface area contributed by atoms with Gasteiger partial charge in [-0.3, -0.25) is 4.79 Å². The van der Waals surface area contributed by atoms with Crippen molar-refractivity contribution in [1.82, 2.24) is 4.73 Å². The number of benzene rings is 1. The zero-order chi connectivity index (χ0) is 20.1. The number of rotatable bonds is 2. The molecule has 3 aromatic rings. The van der Waals surface area contributed by atoms with Gasteiger partial charge >= 0.3 is 18.0 Å². The average Bonchev–Trinajstić information content (AvgIpc) is 3.09. The lowest BCUT2D eigenvalue weighted by Crippen LogP contribution is -2.35. The van der Waals surface area contributed by atoms with Crippen molar-refractivity contribution >= 4 is 16.8 Å². The molecule has 0 saturated heterocycles. The largest absolute Gasteiger partial charge is 0.805 e. The number of carbonyl (C=O) groups is 1. The van der Waals surface area contributed by atoms with Crippen LogP contribution in [0.15, 0.2) is 41.0 Å². The summed E-state index contributed by atoms with van der Waals surface area (Å²) in [5.74, 6) is -2.30. The third-order valence-electron chi connectivity index (χ3n) is 3.60. The van der Waals surface area contributed by atoms with E-state index >= 15 is 0 Å². The van der Waals surface area contributed by atoms with Crippen LogP contribution in [-0.2, 0) is 12.4 Å². The Hall–Kier alpha value is -3.31. The molecule has 0 radical (unpaired) electrons. The summed E-state index contributed by atoms with van der Waals surface area (Å²) in [5.41, 5.74) is -7.27. The lowest BCUT2D eigenvalue weighted by molar-refractivity contribution is -0.470. The van der Waals surface area contributed by atoms with Crippen molar-refractivity contribution in [3.05, 3.63) is 69.4 Å². The highest BCUT2D eigenvalue weighted by atomic mass is 19.4. The van der Waals surface area contributed by atoms with Crippen molar-refractivity contribution in [3.8, 4) is 0 Å². The van der Waals surface area contributed by atoms with Crippen molar-refractivity contribution in [2.24, 2.45) is 0 Å². The van der Waals surface area contributed by atoms with E-state index in [2.05, 4.69) is 4.42 Å². The number of fused-ring (bicyclic) bond motifs is 1. The number of furan rings is 1. The summed E-state index contributed by atoms with van der Waals surface area (Å²) in [6.45, 7) is 0. The minimum Gasteiger partial charge on any atom is -0.805 e. The fourth-order valence-electron chi connectivity index (χ4n) is 2.44. The standard InChI is InChI=1S/C15H6F6N2O4/c16-14(17,18)7-3-4-8-9(6-7)22(25)11(12(24)10-2-1-5-27-10)13(23(8)26)15(19,20)21/h1-6H. The maximum atomic E-state index is 13.4. The van der Waals surface area contributed by atoms with Crippen LogP contribution < -0.4 is 4.43 Å². The van der Waals surface area contributed by atoms with Crippen LogP contribution in [0, 0.1) is 10.1 Å². The van der Waals surface area contributed by atoms with Gasteiger partial charge in [0, 0.05) is 11.0 Å². The zero-order valence-electron chi connectivity index (χ0n) is 12.8. The molecule has 3 rings (SSSR count). The van der Waals surface area contributed by atoms with Gasteiger partial charge in [0.2, 0.25) is 5.69 Å². The van der Waals surface area contributed by atoms with E-state index in [1.165, 1.54) is 0 Å². The van der Waals surface area contributed by atoms with Crippen LogP contribution in [0.3, 0.4) is 0 Å². The second kappa shape index (κ2) is 5.86. The number of hydrogen-bond donors (Lipinski definition) is 0. The Bertz CT molecular complexity index is 1100. The normalized spacial score (nSPS) is 12.5. The van der Waals surface area contributed by atoms with Gasteiger partial charge in [-0.1, -0.05) is 0 Å². The summed E-state index contributed by atoms with van der Waals surface area (Å²) in [4.78, 5) is 24.7. The Kier molecular flexibility index (Phi) is 4.01. The SMILES string of the molecule is O=C(c1ccco1)c1c(C(F)(F)F)n([O-])c2ccc(C(F)(F)F)cc2[n+]1=O. The second-order valence-electron chi connectivity index (χ2n) is 5.29. The topological polar surface area (TPSA) is 81.2 Å². The molecule has 0 saturated carbocycles. The van der Waals surface area contributed by atoms with Gasteiger partial charge in [0.1, 0.15) is 5.52 Å². The highest BCUT2D eigenvalue weighted by molar-refractivity contribution is 6.06. The second-order valence-corrected chi connectivity index (χ2v) is 5.29. The number of nitrogens with zero attached hydrogens (tertiary/aromatic N) is 2. The molecule has 142 valence electrons. The number of hydrogen-bond acceptors (Lipinski definition) is 4. The summed E-state index contributed by atoms with van der Waals surface area (Å²) in [6, 6.07) is 3.05. The van der Waals surface area contributed by atoms with E-state index in [0.29, 0.717) is 12.1 Å². The molecule has 0 unspecified atom stereocenters. The molecule has 0 fully saturated rings. The molecule has 27 heavy (non-hydrogen) atoms. The van der Waals surface area contributed by atoms with E-state index in [4.69, 9.17) is 0 Å². The van der Waals surface area contributed by atoms with E-state index in [9.17, 15) is 41.3 Å². The van der Waals surface area contributed by atoms with Crippen LogP contribution in [0.2, 0.25) is 0 Å². The summed E-state index contributed by atoms with van der Waals surface area (Å²) in [7, 11) is 0. The third kappa shape index (κ3) is 3.02. The molecule has 6 nitrogen and oxygen atoms in total. The highest BCUT2D eigenvalue weighted by Crippen LogP contribution is 2.35. The van der Waals surface area contributed by atoms with Gasteiger partial charge < -0.3 is 14.4 Å². The number of carbonyl (C=O) groups excluding carboxylic acids is 1. The van der Waals surface area contributed by atoms with Gasteiger partial charge in [-0.15, -0.1) is 0 Å². The summed E-state index contributed by atoms with van der Waals surface area (Å²) < 4.78 is 81.8. The molecule has 0 aliphatic heterocycles. The molecular weight excluding hydrogens is 386 g/mol. The molecule has 0 aliphatic carbocycles. The van der Waals surface area contributed by atoms with Crippen LogP contribution >= 0.6 is 0 Å².